The third-order valence-electron chi connectivity index (χ3n) is 5.33. The van der Waals surface area contributed by atoms with E-state index >= 15 is 0 Å². The Balaban J connectivity index is 1.71. The Hall–Kier alpha value is -1.60. The van der Waals surface area contributed by atoms with Crippen LogP contribution >= 0.6 is 0 Å². The van der Waals surface area contributed by atoms with Gasteiger partial charge in [-0.05, 0) is 42.9 Å². The number of hydrogen-bond donors (Lipinski definition) is 0. The first-order valence-electron chi connectivity index (χ1n) is 9.25. The highest BCUT2D eigenvalue weighted by atomic mass is 32.2. The minimum absolute atomic E-state index is 0.0553. The van der Waals surface area contributed by atoms with Gasteiger partial charge in [-0.15, -0.1) is 0 Å². The molecule has 3 rings (SSSR count). The molecule has 0 N–H and O–H groups in total. The third-order valence-corrected chi connectivity index (χ3v) is 7.74. The molecule has 1 amide bonds. The van der Waals surface area contributed by atoms with Gasteiger partial charge in [-0.2, -0.15) is 0 Å². The summed E-state index contributed by atoms with van der Waals surface area (Å²) >= 11 is 0. The number of carbonyl (C=O) groups excluding carboxylic acids is 1. The second kappa shape index (κ2) is 7.56. The van der Waals surface area contributed by atoms with Gasteiger partial charge in [-0.3, -0.25) is 4.79 Å². The number of ether oxygens (including phenoxy) is 1. The van der Waals surface area contributed by atoms with E-state index in [1.54, 1.807) is 40.6 Å². The Kier molecular flexibility index (Phi) is 5.58. The van der Waals surface area contributed by atoms with Gasteiger partial charge in [0.15, 0.2) is 0 Å². The van der Waals surface area contributed by atoms with Crippen molar-refractivity contribution in [1.29, 1.82) is 0 Å². The number of likely N-dealkylation sites (tertiary alicyclic amines) is 1. The highest BCUT2D eigenvalue weighted by molar-refractivity contribution is 7.90. The largest absolute Gasteiger partial charge is 0.497 e. The molecule has 0 radical (unpaired) electrons. The summed E-state index contributed by atoms with van der Waals surface area (Å²) in [4.78, 5) is 14.6. The van der Waals surface area contributed by atoms with Gasteiger partial charge in [0.05, 0.1) is 12.4 Å². The molecule has 26 heavy (non-hydrogen) atoms. The lowest BCUT2D eigenvalue weighted by atomic mass is 10.0. The van der Waals surface area contributed by atoms with Gasteiger partial charge in [-0.25, -0.2) is 12.7 Å². The Morgan fingerprint density at radius 3 is 2.69 bits per heavy atom. The van der Waals surface area contributed by atoms with Crippen LogP contribution in [0, 0.1) is 11.8 Å². The van der Waals surface area contributed by atoms with Crippen LogP contribution in [-0.2, 0) is 10.0 Å². The molecule has 1 aromatic rings. The van der Waals surface area contributed by atoms with E-state index in [2.05, 4.69) is 0 Å². The molecular formula is C19H28N2O4S. The maximum Gasteiger partial charge on any atom is 0.253 e. The molecule has 2 fully saturated rings. The normalized spacial score (nSPS) is 25.8. The van der Waals surface area contributed by atoms with E-state index in [0.29, 0.717) is 49.8 Å². The average molecular weight is 381 g/mol. The van der Waals surface area contributed by atoms with E-state index in [4.69, 9.17) is 4.74 Å². The molecular weight excluding hydrogens is 352 g/mol. The Morgan fingerprint density at radius 2 is 2.00 bits per heavy atom. The Labute approximate surface area is 156 Å². The average Bonchev–Trinajstić information content (AvgIpc) is 2.76. The van der Waals surface area contributed by atoms with Gasteiger partial charge in [-0.1, -0.05) is 19.9 Å². The van der Waals surface area contributed by atoms with Gasteiger partial charge in [0.2, 0.25) is 10.0 Å². The third kappa shape index (κ3) is 3.74. The van der Waals surface area contributed by atoms with Crippen molar-refractivity contribution in [2.45, 2.75) is 31.9 Å². The Bertz CT molecular complexity index is 763. The standard InChI is InChI=1S/C19H28N2O4S/c1-14(2)12-21-13-16-7-9-20(10-8-18(16)26(21,23)24)19(22)15-5-4-6-17(11-15)25-3/h4-6,11,14,16,18H,7-10,12-13H2,1-3H3/t16-,18-/m0/s1. The molecule has 0 aromatic heterocycles. The van der Waals surface area contributed by atoms with E-state index in [1.807, 2.05) is 13.8 Å². The molecule has 7 heteroatoms. The predicted octanol–water partition coefficient (Wildman–Crippen LogP) is 2.22. The summed E-state index contributed by atoms with van der Waals surface area (Å²) in [6.45, 7) is 6.33. The number of sulfonamides is 1. The number of nitrogens with zero attached hydrogens (tertiary/aromatic N) is 2. The lowest BCUT2D eigenvalue weighted by Crippen LogP contribution is -2.35. The summed E-state index contributed by atoms with van der Waals surface area (Å²) in [5.74, 6) is 1.02. The predicted molar refractivity (Wildman–Crippen MR) is 101 cm³/mol. The van der Waals surface area contributed by atoms with E-state index in [1.165, 1.54) is 0 Å². The topological polar surface area (TPSA) is 66.9 Å². The maximum atomic E-state index is 12.9. The highest BCUT2D eigenvalue weighted by Gasteiger charge is 2.47. The van der Waals surface area contributed by atoms with E-state index < -0.39 is 10.0 Å². The number of fused-ring (bicyclic) bond motifs is 1. The first kappa shape index (κ1) is 19.2. The fourth-order valence-electron chi connectivity index (χ4n) is 4.02. The van der Waals surface area contributed by atoms with Crippen LogP contribution in [0.3, 0.4) is 0 Å². The van der Waals surface area contributed by atoms with Gasteiger partial charge in [0, 0.05) is 31.7 Å². The molecule has 2 heterocycles. The number of methoxy groups -OCH3 is 1. The minimum Gasteiger partial charge on any atom is -0.497 e. The van der Waals surface area contributed by atoms with Crippen LogP contribution in [-0.4, -0.2) is 62.1 Å². The lowest BCUT2D eigenvalue weighted by Gasteiger charge is -2.23. The molecule has 2 atom stereocenters. The van der Waals surface area contributed by atoms with Crippen LogP contribution in [0.25, 0.3) is 0 Å². The molecule has 2 aliphatic heterocycles. The monoisotopic (exact) mass is 380 g/mol. The van der Waals surface area contributed by atoms with Crippen molar-refractivity contribution in [1.82, 2.24) is 9.21 Å². The summed E-state index contributed by atoms with van der Waals surface area (Å²) < 4.78 is 32.6. The van der Waals surface area contributed by atoms with Gasteiger partial charge in [0.1, 0.15) is 5.75 Å². The zero-order chi connectivity index (χ0) is 18.9. The first-order valence-corrected chi connectivity index (χ1v) is 10.8. The number of carbonyl (C=O) groups is 1. The zero-order valence-corrected chi connectivity index (χ0v) is 16.5. The smallest absolute Gasteiger partial charge is 0.253 e. The number of rotatable bonds is 4. The number of hydrogen-bond acceptors (Lipinski definition) is 4. The fourth-order valence-corrected chi connectivity index (χ4v) is 6.42. The van der Waals surface area contributed by atoms with Crippen LogP contribution < -0.4 is 4.74 Å². The molecule has 1 aromatic carbocycles. The molecule has 0 bridgehead atoms. The van der Waals surface area contributed by atoms with Crippen molar-refractivity contribution in [2.24, 2.45) is 11.8 Å². The second-order valence-electron chi connectivity index (χ2n) is 7.66. The summed E-state index contributed by atoms with van der Waals surface area (Å²) in [6.07, 6.45) is 1.24. The molecule has 0 aliphatic carbocycles. The summed E-state index contributed by atoms with van der Waals surface area (Å²) in [7, 11) is -1.68. The SMILES string of the molecule is COc1cccc(C(=O)N2CC[C@H]3CN(CC(C)C)S(=O)(=O)[C@H]3CC2)c1. The lowest BCUT2D eigenvalue weighted by molar-refractivity contribution is 0.0758. The van der Waals surface area contributed by atoms with Crippen LogP contribution in [0.2, 0.25) is 0 Å². The van der Waals surface area contributed by atoms with Crippen LogP contribution in [0.1, 0.15) is 37.0 Å². The molecule has 2 saturated heterocycles. The Morgan fingerprint density at radius 1 is 1.27 bits per heavy atom. The first-order chi connectivity index (χ1) is 12.3. The molecule has 0 spiro atoms. The summed E-state index contributed by atoms with van der Waals surface area (Å²) in [5.41, 5.74) is 0.584. The summed E-state index contributed by atoms with van der Waals surface area (Å²) in [6, 6.07) is 7.11. The fraction of sp³-hybridized carbons (Fsp3) is 0.632. The molecule has 144 valence electrons. The van der Waals surface area contributed by atoms with Gasteiger partial charge in [0.25, 0.3) is 5.91 Å². The van der Waals surface area contributed by atoms with Crippen molar-refractivity contribution in [3.63, 3.8) is 0 Å². The van der Waals surface area contributed by atoms with E-state index in [0.717, 1.165) is 6.42 Å². The molecule has 0 unspecified atom stereocenters. The number of amides is 1. The van der Waals surface area contributed by atoms with Crippen LogP contribution in [0.5, 0.6) is 5.75 Å². The zero-order valence-electron chi connectivity index (χ0n) is 15.7. The minimum atomic E-state index is -3.26. The molecule has 6 nitrogen and oxygen atoms in total. The van der Waals surface area contributed by atoms with Gasteiger partial charge >= 0.3 is 0 Å². The quantitative estimate of drug-likeness (QED) is 0.803. The molecule has 2 aliphatic rings. The summed E-state index contributed by atoms with van der Waals surface area (Å²) in [5, 5.41) is -0.357. The van der Waals surface area contributed by atoms with Crippen molar-refractivity contribution < 1.29 is 17.9 Å². The van der Waals surface area contributed by atoms with E-state index in [-0.39, 0.29) is 17.1 Å². The van der Waals surface area contributed by atoms with Crippen molar-refractivity contribution in [2.75, 3.05) is 33.3 Å². The second-order valence-corrected chi connectivity index (χ2v) is 9.81. The van der Waals surface area contributed by atoms with Crippen LogP contribution in [0.4, 0.5) is 0 Å². The van der Waals surface area contributed by atoms with Gasteiger partial charge < -0.3 is 9.64 Å². The van der Waals surface area contributed by atoms with Crippen molar-refractivity contribution >= 4 is 15.9 Å². The highest BCUT2D eigenvalue weighted by Crippen LogP contribution is 2.35. The van der Waals surface area contributed by atoms with Crippen molar-refractivity contribution in [3.8, 4) is 5.75 Å². The van der Waals surface area contributed by atoms with Crippen molar-refractivity contribution in [3.05, 3.63) is 29.8 Å². The van der Waals surface area contributed by atoms with E-state index in [9.17, 15) is 13.2 Å². The molecule has 0 saturated carbocycles. The maximum absolute atomic E-state index is 12.9. The van der Waals surface area contributed by atoms with Crippen LogP contribution in [0.15, 0.2) is 24.3 Å². The number of benzene rings is 1.